The summed E-state index contributed by atoms with van der Waals surface area (Å²) in [5.41, 5.74) is 6.67. The van der Waals surface area contributed by atoms with E-state index in [1.165, 1.54) is 0 Å². The number of nitrogens with two attached hydrogens (primary N) is 1. The van der Waals surface area contributed by atoms with Crippen molar-refractivity contribution in [1.82, 2.24) is 5.32 Å². The summed E-state index contributed by atoms with van der Waals surface area (Å²) in [6.45, 7) is 2.35. The Morgan fingerprint density at radius 1 is 1.44 bits per heavy atom. The van der Waals surface area contributed by atoms with Crippen LogP contribution in [0.2, 0.25) is 10.0 Å². The molecule has 0 aliphatic carbocycles. The molecule has 1 rings (SSSR count). The first kappa shape index (κ1) is 13.3. The second-order valence-corrected chi connectivity index (χ2v) is 4.33. The number of halogens is 2. The van der Waals surface area contributed by atoms with Gasteiger partial charge in [0, 0.05) is 12.6 Å². The third kappa shape index (κ3) is 3.40. The molecule has 0 heterocycles. The summed E-state index contributed by atoms with van der Waals surface area (Å²) in [4.78, 5) is 0. The fourth-order valence-electron chi connectivity index (χ4n) is 1.38. The predicted molar refractivity (Wildman–Crippen MR) is 69.7 cm³/mol. The molecular formula is C12H14Cl2N2. The molecule has 0 bridgehead atoms. The van der Waals surface area contributed by atoms with Crippen LogP contribution < -0.4 is 11.1 Å². The zero-order chi connectivity index (χ0) is 12.1. The number of hydrogen-bond donors (Lipinski definition) is 2. The largest absolute Gasteiger partial charge is 0.329 e. The van der Waals surface area contributed by atoms with Gasteiger partial charge in [0.2, 0.25) is 0 Å². The van der Waals surface area contributed by atoms with E-state index in [9.17, 15) is 0 Å². The smallest absolute Gasteiger partial charge is 0.0663 e. The summed E-state index contributed by atoms with van der Waals surface area (Å²) in [7, 11) is 0. The van der Waals surface area contributed by atoms with Crippen molar-refractivity contribution in [3.63, 3.8) is 0 Å². The van der Waals surface area contributed by atoms with Crippen LogP contribution in [0, 0.1) is 12.3 Å². The van der Waals surface area contributed by atoms with Crippen LogP contribution in [0.3, 0.4) is 0 Å². The zero-order valence-corrected chi connectivity index (χ0v) is 10.5. The molecule has 0 saturated carbocycles. The SMILES string of the molecule is C#CC(C)NC(CN)c1ccc(Cl)c(Cl)c1. The lowest BCUT2D eigenvalue weighted by molar-refractivity contribution is 0.518. The van der Waals surface area contributed by atoms with Crippen LogP contribution in [0.15, 0.2) is 18.2 Å². The second-order valence-electron chi connectivity index (χ2n) is 3.52. The zero-order valence-electron chi connectivity index (χ0n) is 9.00. The average molecular weight is 257 g/mol. The Morgan fingerprint density at radius 2 is 2.12 bits per heavy atom. The molecule has 86 valence electrons. The molecule has 1 aromatic carbocycles. The number of nitrogens with one attached hydrogen (secondary N) is 1. The highest BCUT2D eigenvalue weighted by Crippen LogP contribution is 2.25. The van der Waals surface area contributed by atoms with Crippen LogP contribution in [0.25, 0.3) is 0 Å². The predicted octanol–water partition coefficient (Wildman–Crippen LogP) is 2.60. The quantitative estimate of drug-likeness (QED) is 0.814. The van der Waals surface area contributed by atoms with Crippen LogP contribution in [-0.2, 0) is 0 Å². The number of terminal acetylenes is 1. The lowest BCUT2D eigenvalue weighted by Gasteiger charge is -2.19. The van der Waals surface area contributed by atoms with Crippen molar-refractivity contribution in [3.8, 4) is 12.3 Å². The van der Waals surface area contributed by atoms with Crippen LogP contribution in [0.5, 0.6) is 0 Å². The van der Waals surface area contributed by atoms with E-state index in [4.69, 9.17) is 35.4 Å². The first-order valence-corrected chi connectivity index (χ1v) is 5.71. The van der Waals surface area contributed by atoms with Gasteiger partial charge in [-0.05, 0) is 24.6 Å². The lowest BCUT2D eigenvalue weighted by Crippen LogP contribution is -2.34. The minimum absolute atomic E-state index is 0.0131. The van der Waals surface area contributed by atoms with Gasteiger partial charge >= 0.3 is 0 Å². The van der Waals surface area contributed by atoms with E-state index in [0.29, 0.717) is 16.6 Å². The standard InChI is InChI=1S/C12H14Cl2N2/c1-3-8(2)16-12(7-15)9-4-5-10(13)11(14)6-9/h1,4-6,8,12,16H,7,15H2,2H3. The maximum Gasteiger partial charge on any atom is 0.0663 e. The summed E-state index contributed by atoms with van der Waals surface area (Å²) >= 11 is 11.8. The first-order chi connectivity index (χ1) is 7.58. The molecule has 1 aromatic rings. The van der Waals surface area contributed by atoms with Crippen LogP contribution in [0.1, 0.15) is 18.5 Å². The molecule has 0 amide bonds. The minimum atomic E-state index is -0.0389. The van der Waals surface area contributed by atoms with E-state index in [0.717, 1.165) is 5.56 Å². The van der Waals surface area contributed by atoms with E-state index in [1.807, 2.05) is 13.0 Å². The van der Waals surface area contributed by atoms with Gasteiger partial charge in [-0.3, -0.25) is 5.32 Å². The molecule has 2 nitrogen and oxygen atoms in total. The molecule has 0 radical (unpaired) electrons. The van der Waals surface area contributed by atoms with Gasteiger partial charge in [-0.15, -0.1) is 6.42 Å². The highest BCUT2D eigenvalue weighted by molar-refractivity contribution is 6.42. The Labute approximate surface area is 106 Å². The molecule has 0 aliphatic heterocycles. The van der Waals surface area contributed by atoms with Gasteiger partial charge in [0.05, 0.1) is 16.1 Å². The molecule has 4 heteroatoms. The molecule has 3 N–H and O–H groups in total. The number of hydrogen-bond acceptors (Lipinski definition) is 2. The Morgan fingerprint density at radius 3 is 2.62 bits per heavy atom. The highest BCUT2D eigenvalue weighted by atomic mass is 35.5. The monoisotopic (exact) mass is 256 g/mol. The van der Waals surface area contributed by atoms with E-state index in [2.05, 4.69) is 11.2 Å². The van der Waals surface area contributed by atoms with Gasteiger partial charge in [0.15, 0.2) is 0 Å². The van der Waals surface area contributed by atoms with Crippen molar-refractivity contribution in [2.24, 2.45) is 5.73 Å². The summed E-state index contributed by atoms with van der Waals surface area (Å²) in [6.07, 6.45) is 5.31. The fraction of sp³-hybridized carbons (Fsp3) is 0.333. The summed E-state index contributed by atoms with van der Waals surface area (Å²) in [5.74, 6) is 2.60. The third-order valence-electron chi connectivity index (χ3n) is 2.28. The highest BCUT2D eigenvalue weighted by Gasteiger charge is 2.12. The van der Waals surface area contributed by atoms with Crippen LogP contribution >= 0.6 is 23.2 Å². The summed E-state index contributed by atoms with van der Waals surface area (Å²) in [6, 6.07) is 5.40. The van der Waals surface area contributed by atoms with Gasteiger partial charge in [0.1, 0.15) is 0 Å². The van der Waals surface area contributed by atoms with Gasteiger partial charge in [-0.25, -0.2) is 0 Å². The number of benzene rings is 1. The Balaban J connectivity index is 2.87. The molecule has 2 atom stereocenters. The molecule has 16 heavy (non-hydrogen) atoms. The topological polar surface area (TPSA) is 38.0 Å². The lowest BCUT2D eigenvalue weighted by atomic mass is 10.1. The van der Waals surface area contributed by atoms with Crippen molar-refractivity contribution in [1.29, 1.82) is 0 Å². The summed E-state index contributed by atoms with van der Waals surface area (Å²) < 4.78 is 0. The maximum atomic E-state index is 5.94. The fourth-order valence-corrected chi connectivity index (χ4v) is 1.69. The molecule has 0 aliphatic rings. The van der Waals surface area contributed by atoms with Crippen LogP contribution in [-0.4, -0.2) is 12.6 Å². The molecule has 0 saturated heterocycles. The second kappa shape index (κ2) is 6.12. The molecule has 0 aromatic heterocycles. The maximum absolute atomic E-state index is 5.94. The van der Waals surface area contributed by atoms with Gasteiger partial charge in [0.25, 0.3) is 0 Å². The minimum Gasteiger partial charge on any atom is -0.329 e. The van der Waals surface area contributed by atoms with Crippen molar-refractivity contribution in [3.05, 3.63) is 33.8 Å². The normalized spacial score (nSPS) is 14.2. The van der Waals surface area contributed by atoms with E-state index >= 15 is 0 Å². The van der Waals surface area contributed by atoms with E-state index < -0.39 is 0 Å². The Kier molecular flexibility index (Phi) is 5.11. The first-order valence-electron chi connectivity index (χ1n) is 4.95. The Hall–Kier alpha value is -0.720. The van der Waals surface area contributed by atoms with E-state index in [-0.39, 0.29) is 12.1 Å². The van der Waals surface area contributed by atoms with E-state index in [1.54, 1.807) is 12.1 Å². The molecular weight excluding hydrogens is 243 g/mol. The molecule has 0 spiro atoms. The number of rotatable bonds is 4. The molecule has 2 unspecified atom stereocenters. The van der Waals surface area contributed by atoms with Gasteiger partial charge < -0.3 is 5.73 Å². The van der Waals surface area contributed by atoms with Crippen molar-refractivity contribution in [2.45, 2.75) is 19.0 Å². The average Bonchev–Trinajstić information content (AvgIpc) is 2.29. The Bertz CT molecular complexity index is 398. The third-order valence-corrected chi connectivity index (χ3v) is 3.02. The van der Waals surface area contributed by atoms with Crippen molar-refractivity contribution < 1.29 is 0 Å². The van der Waals surface area contributed by atoms with Crippen molar-refractivity contribution >= 4 is 23.2 Å². The van der Waals surface area contributed by atoms with Crippen LogP contribution in [0.4, 0.5) is 0 Å². The molecule has 0 fully saturated rings. The summed E-state index contributed by atoms with van der Waals surface area (Å²) in [5, 5.41) is 4.27. The van der Waals surface area contributed by atoms with Gasteiger partial charge in [-0.1, -0.05) is 35.2 Å². The van der Waals surface area contributed by atoms with Crippen molar-refractivity contribution in [2.75, 3.05) is 6.54 Å². The van der Waals surface area contributed by atoms with Gasteiger partial charge in [-0.2, -0.15) is 0 Å².